The van der Waals surface area contributed by atoms with Crippen LogP contribution in [-0.4, -0.2) is 26.8 Å². The van der Waals surface area contributed by atoms with Gasteiger partial charge in [-0.1, -0.05) is 36.7 Å². The highest BCUT2D eigenvalue weighted by molar-refractivity contribution is 6.32. The van der Waals surface area contributed by atoms with E-state index in [1.807, 2.05) is 25.1 Å². The maximum absolute atomic E-state index is 6.39. The maximum atomic E-state index is 6.39. The van der Waals surface area contributed by atoms with E-state index in [9.17, 15) is 0 Å². The molecule has 1 N–H and O–H groups in total. The van der Waals surface area contributed by atoms with E-state index in [2.05, 4.69) is 27.7 Å². The molecule has 19 heavy (non-hydrogen) atoms. The van der Waals surface area contributed by atoms with E-state index in [0.717, 1.165) is 22.7 Å². The first-order chi connectivity index (χ1) is 9.11. The smallest absolute Gasteiger partial charge is 0.176 e. The van der Waals surface area contributed by atoms with E-state index in [4.69, 9.17) is 11.6 Å². The predicted octanol–water partition coefficient (Wildman–Crippen LogP) is 2.07. The topological polar surface area (TPSA) is 55.6 Å². The van der Waals surface area contributed by atoms with Crippen molar-refractivity contribution in [2.75, 3.05) is 6.54 Å². The van der Waals surface area contributed by atoms with Crippen molar-refractivity contribution in [3.05, 3.63) is 40.2 Å². The summed E-state index contributed by atoms with van der Waals surface area (Å²) in [6, 6.07) is 6.17. The molecule has 6 heteroatoms. The number of hydrogen-bond donors (Lipinski definition) is 1. The highest BCUT2D eigenvalue weighted by Gasteiger charge is 2.17. The summed E-state index contributed by atoms with van der Waals surface area (Å²) in [6.07, 6.45) is 0.671. The summed E-state index contributed by atoms with van der Waals surface area (Å²) in [5.41, 5.74) is 2.16. The van der Waals surface area contributed by atoms with Crippen molar-refractivity contribution in [2.24, 2.45) is 7.05 Å². The number of tetrazole rings is 1. The average Bonchev–Trinajstić information content (AvgIpc) is 2.78. The van der Waals surface area contributed by atoms with Crippen LogP contribution in [0.3, 0.4) is 0 Å². The lowest BCUT2D eigenvalue weighted by atomic mass is 10.0. The number of nitrogens with one attached hydrogen (secondary N) is 1. The molecule has 0 spiro atoms. The highest BCUT2D eigenvalue weighted by atomic mass is 35.5. The molecule has 0 radical (unpaired) electrons. The number of hydrogen-bond acceptors (Lipinski definition) is 4. The van der Waals surface area contributed by atoms with E-state index in [1.54, 1.807) is 7.05 Å². The molecule has 2 aromatic rings. The summed E-state index contributed by atoms with van der Waals surface area (Å²) in [4.78, 5) is 1.47. The molecule has 0 bridgehead atoms. The molecule has 0 aliphatic heterocycles. The first kappa shape index (κ1) is 14.0. The number of aryl methyl sites for hydroxylation is 2. The molecule has 1 heterocycles. The van der Waals surface area contributed by atoms with Gasteiger partial charge in [0.05, 0.1) is 7.05 Å². The van der Waals surface area contributed by atoms with Gasteiger partial charge in [-0.05, 0) is 29.8 Å². The zero-order valence-electron chi connectivity index (χ0n) is 11.4. The summed E-state index contributed by atoms with van der Waals surface area (Å²) in [6.45, 7) is 4.94. The maximum Gasteiger partial charge on any atom is 0.176 e. The van der Waals surface area contributed by atoms with Gasteiger partial charge >= 0.3 is 0 Å². The van der Waals surface area contributed by atoms with Crippen molar-refractivity contribution in [1.29, 1.82) is 0 Å². The van der Waals surface area contributed by atoms with E-state index >= 15 is 0 Å². The van der Waals surface area contributed by atoms with E-state index in [-0.39, 0.29) is 6.04 Å². The summed E-state index contributed by atoms with van der Waals surface area (Å²) < 4.78 is 0. The van der Waals surface area contributed by atoms with Gasteiger partial charge in [-0.2, -0.15) is 4.80 Å². The second-order valence-electron chi connectivity index (χ2n) is 4.49. The first-order valence-corrected chi connectivity index (χ1v) is 6.71. The van der Waals surface area contributed by atoms with Crippen molar-refractivity contribution in [3.8, 4) is 0 Å². The Hall–Kier alpha value is -1.46. The zero-order valence-corrected chi connectivity index (χ0v) is 12.1. The molecule has 1 atom stereocenters. The Morgan fingerprint density at radius 1 is 1.42 bits per heavy atom. The third kappa shape index (κ3) is 3.30. The van der Waals surface area contributed by atoms with Gasteiger partial charge in [-0.25, -0.2) is 0 Å². The van der Waals surface area contributed by atoms with Gasteiger partial charge in [-0.15, -0.1) is 10.2 Å². The molecule has 1 aromatic carbocycles. The van der Waals surface area contributed by atoms with Gasteiger partial charge < -0.3 is 5.32 Å². The number of nitrogens with zero attached hydrogens (tertiary/aromatic N) is 4. The van der Waals surface area contributed by atoms with Crippen molar-refractivity contribution >= 4 is 11.6 Å². The van der Waals surface area contributed by atoms with E-state index in [1.165, 1.54) is 4.80 Å². The zero-order chi connectivity index (χ0) is 13.8. The summed E-state index contributed by atoms with van der Waals surface area (Å²) >= 11 is 6.39. The van der Waals surface area contributed by atoms with Crippen molar-refractivity contribution in [2.45, 2.75) is 26.3 Å². The molecule has 5 nitrogen and oxygen atoms in total. The molecule has 1 unspecified atom stereocenters. The van der Waals surface area contributed by atoms with Gasteiger partial charge in [0.2, 0.25) is 0 Å². The van der Waals surface area contributed by atoms with Gasteiger partial charge in [0.1, 0.15) is 0 Å². The van der Waals surface area contributed by atoms with Crippen LogP contribution < -0.4 is 5.32 Å². The molecule has 0 aliphatic rings. The molecule has 0 aliphatic carbocycles. The number of rotatable bonds is 5. The molecule has 0 saturated carbocycles. The average molecular weight is 280 g/mol. The summed E-state index contributed by atoms with van der Waals surface area (Å²) in [5, 5.41) is 16.3. The van der Waals surface area contributed by atoms with Gasteiger partial charge in [0, 0.05) is 17.5 Å². The SMILES string of the molecule is CCNC(Cc1nnn(C)n1)c1cccc(C)c1Cl. The molecule has 102 valence electrons. The lowest BCUT2D eigenvalue weighted by Crippen LogP contribution is -2.24. The third-order valence-corrected chi connectivity index (χ3v) is 3.50. The summed E-state index contributed by atoms with van der Waals surface area (Å²) in [5.74, 6) is 0.714. The minimum Gasteiger partial charge on any atom is -0.310 e. The Morgan fingerprint density at radius 2 is 2.21 bits per heavy atom. The first-order valence-electron chi connectivity index (χ1n) is 6.33. The van der Waals surface area contributed by atoms with Crippen LogP contribution in [0.25, 0.3) is 0 Å². The van der Waals surface area contributed by atoms with Crippen LogP contribution in [-0.2, 0) is 13.5 Å². The molecule has 0 fully saturated rings. The molecule has 1 aromatic heterocycles. The van der Waals surface area contributed by atoms with Gasteiger partial charge in [-0.3, -0.25) is 0 Å². The monoisotopic (exact) mass is 279 g/mol. The fourth-order valence-electron chi connectivity index (χ4n) is 2.07. The predicted molar refractivity (Wildman–Crippen MR) is 75.1 cm³/mol. The molecular formula is C13H18ClN5. The van der Waals surface area contributed by atoms with Crippen LogP contribution >= 0.6 is 11.6 Å². The Labute approximate surface area is 118 Å². The van der Waals surface area contributed by atoms with E-state index in [0.29, 0.717) is 12.2 Å². The Bertz CT molecular complexity index is 552. The molecule has 2 rings (SSSR count). The van der Waals surface area contributed by atoms with Gasteiger partial charge in [0.25, 0.3) is 0 Å². The van der Waals surface area contributed by atoms with Crippen molar-refractivity contribution in [1.82, 2.24) is 25.5 Å². The molecular weight excluding hydrogens is 262 g/mol. The Kier molecular flexibility index (Phi) is 4.50. The minimum atomic E-state index is 0.0987. The van der Waals surface area contributed by atoms with Crippen LogP contribution in [0.1, 0.15) is 29.9 Å². The minimum absolute atomic E-state index is 0.0987. The Morgan fingerprint density at radius 3 is 2.84 bits per heavy atom. The summed E-state index contributed by atoms with van der Waals surface area (Å²) in [7, 11) is 1.76. The number of benzene rings is 1. The van der Waals surface area contributed by atoms with Crippen LogP contribution in [0.4, 0.5) is 0 Å². The number of aromatic nitrogens is 4. The van der Waals surface area contributed by atoms with Crippen LogP contribution in [0.15, 0.2) is 18.2 Å². The quantitative estimate of drug-likeness (QED) is 0.910. The van der Waals surface area contributed by atoms with Crippen molar-refractivity contribution in [3.63, 3.8) is 0 Å². The van der Waals surface area contributed by atoms with Gasteiger partial charge in [0.15, 0.2) is 5.82 Å². The molecule has 0 saturated heterocycles. The van der Waals surface area contributed by atoms with Crippen LogP contribution in [0, 0.1) is 6.92 Å². The fraction of sp³-hybridized carbons (Fsp3) is 0.462. The standard InChI is InChI=1S/C13H18ClN5/c1-4-15-11(8-12-16-18-19(3)17-12)10-7-5-6-9(2)13(10)14/h5-7,11,15H,4,8H2,1-3H3. The number of likely N-dealkylation sites (N-methyl/N-ethyl adjacent to an activating group) is 1. The van der Waals surface area contributed by atoms with E-state index < -0.39 is 0 Å². The van der Waals surface area contributed by atoms with Crippen LogP contribution in [0.2, 0.25) is 5.02 Å². The normalized spacial score (nSPS) is 12.6. The van der Waals surface area contributed by atoms with Crippen molar-refractivity contribution < 1.29 is 0 Å². The second-order valence-corrected chi connectivity index (χ2v) is 4.87. The molecule has 0 amide bonds. The largest absolute Gasteiger partial charge is 0.310 e. The lowest BCUT2D eigenvalue weighted by molar-refractivity contribution is 0.534. The fourth-order valence-corrected chi connectivity index (χ4v) is 2.32. The Balaban J connectivity index is 2.26. The second kappa shape index (κ2) is 6.12. The van der Waals surface area contributed by atoms with Crippen LogP contribution in [0.5, 0.6) is 0 Å². The third-order valence-electron chi connectivity index (χ3n) is 2.98. The lowest BCUT2D eigenvalue weighted by Gasteiger charge is -2.19. The number of halogens is 1. The highest BCUT2D eigenvalue weighted by Crippen LogP contribution is 2.27.